The molecule has 0 spiro atoms. The minimum Gasteiger partial charge on any atom is -0.488 e. The Bertz CT molecular complexity index is 799. The first-order valence-electron chi connectivity index (χ1n) is 7.83. The number of ether oxygens (including phenoxy) is 2. The Balaban J connectivity index is 1.62. The lowest BCUT2D eigenvalue weighted by Gasteiger charge is -2.34. The zero-order valence-corrected chi connectivity index (χ0v) is 13.3. The predicted octanol–water partition coefficient (Wildman–Crippen LogP) is 1.75. The number of hydrogen-bond acceptors (Lipinski definition) is 6. The number of fused-ring (bicyclic) bond motifs is 1. The van der Waals surface area contributed by atoms with Crippen LogP contribution in [0, 0.1) is 6.92 Å². The van der Waals surface area contributed by atoms with Gasteiger partial charge in [-0.3, -0.25) is 4.79 Å². The summed E-state index contributed by atoms with van der Waals surface area (Å²) in [5.41, 5.74) is 1.52. The molecule has 4 rings (SSSR count). The van der Waals surface area contributed by atoms with E-state index in [2.05, 4.69) is 10.2 Å². The molecule has 1 aromatic heterocycles. The molecule has 1 amide bonds. The van der Waals surface area contributed by atoms with Crippen molar-refractivity contribution in [2.45, 2.75) is 13.0 Å². The number of rotatable bonds is 2. The monoisotopic (exact) mass is 327 g/mol. The lowest BCUT2D eigenvalue weighted by atomic mass is 10.1. The first-order chi connectivity index (χ1) is 11.7. The quantitative estimate of drug-likeness (QED) is 0.836. The Kier molecular flexibility index (Phi) is 3.78. The largest absolute Gasteiger partial charge is 0.488 e. The standard InChI is InChI=1S/C17H17N3O4/c1-11-18-19-16(24-11)14-10-22-7-6-20(14)17(21)13-8-12-4-2-3-5-15(12)23-9-13/h2-5,8,14H,6-7,9-10H2,1H3/t14-/m0/s1. The van der Waals surface area contributed by atoms with Gasteiger partial charge in [-0.05, 0) is 12.1 Å². The fraction of sp³-hybridized carbons (Fsp3) is 0.353. The van der Waals surface area contributed by atoms with Crippen LogP contribution in [-0.2, 0) is 9.53 Å². The van der Waals surface area contributed by atoms with Crippen LogP contribution in [-0.4, -0.2) is 47.4 Å². The number of aryl methyl sites for hydroxylation is 1. The number of aromatic nitrogens is 2. The number of carbonyl (C=O) groups excluding carboxylic acids is 1. The van der Waals surface area contributed by atoms with E-state index in [-0.39, 0.29) is 18.6 Å². The van der Waals surface area contributed by atoms with Crippen LogP contribution in [0.15, 0.2) is 34.3 Å². The van der Waals surface area contributed by atoms with Gasteiger partial charge in [0.15, 0.2) is 0 Å². The van der Waals surface area contributed by atoms with E-state index in [0.29, 0.717) is 37.1 Å². The van der Waals surface area contributed by atoms with E-state index in [1.807, 2.05) is 30.3 Å². The molecule has 0 saturated carbocycles. The van der Waals surface area contributed by atoms with Gasteiger partial charge in [-0.1, -0.05) is 18.2 Å². The van der Waals surface area contributed by atoms with Crippen molar-refractivity contribution in [3.8, 4) is 5.75 Å². The summed E-state index contributed by atoms with van der Waals surface area (Å²) < 4.78 is 16.7. The third-order valence-corrected chi connectivity index (χ3v) is 4.12. The summed E-state index contributed by atoms with van der Waals surface area (Å²) in [5.74, 6) is 1.57. The predicted molar refractivity (Wildman–Crippen MR) is 84.2 cm³/mol. The maximum Gasteiger partial charge on any atom is 0.254 e. The molecule has 3 heterocycles. The molecule has 2 aliphatic rings. The molecule has 1 atom stereocenters. The smallest absolute Gasteiger partial charge is 0.254 e. The van der Waals surface area contributed by atoms with Gasteiger partial charge in [0, 0.05) is 19.0 Å². The zero-order chi connectivity index (χ0) is 16.5. The van der Waals surface area contributed by atoms with Crippen molar-refractivity contribution in [2.24, 2.45) is 0 Å². The van der Waals surface area contributed by atoms with Crippen LogP contribution in [0.5, 0.6) is 5.75 Å². The van der Waals surface area contributed by atoms with Gasteiger partial charge in [0.1, 0.15) is 18.4 Å². The molecule has 2 aliphatic heterocycles. The summed E-state index contributed by atoms with van der Waals surface area (Å²) in [4.78, 5) is 14.7. The second-order valence-corrected chi connectivity index (χ2v) is 5.74. The van der Waals surface area contributed by atoms with E-state index in [1.54, 1.807) is 11.8 Å². The number of benzene rings is 1. The van der Waals surface area contributed by atoms with Gasteiger partial charge in [0.05, 0.1) is 18.8 Å². The summed E-state index contributed by atoms with van der Waals surface area (Å²) in [6.45, 7) is 3.28. The first kappa shape index (κ1) is 14.9. The minimum atomic E-state index is -0.370. The first-order valence-corrected chi connectivity index (χ1v) is 7.83. The van der Waals surface area contributed by atoms with E-state index in [9.17, 15) is 4.79 Å². The lowest BCUT2D eigenvalue weighted by Crippen LogP contribution is -2.45. The third-order valence-electron chi connectivity index (χ3n) is 4.12. The molecule has 0 N–H and O–H groups in total. The second-order valence-electron chi connectivity index (χ2n) is 5.74. The zero-order valence-electron chi connectivity index (χ0n) is 13.3. The SMILES string of the molecule is Cc1nnc([C@@H]2COCCN2C(=O)C2=Cc3ccccc3OC2)o1. The van der Waals surface area contributed by atoms with Crippen LogP contribution in [0.2, 0.25) is 0 Å². The fourth-order valence-corrected chi connectivity index (χ4v) is 2.92. The Labute approximate surface area is 138 Å². The normalized spacial score (nSPS) is 20.1. The van der Waals surface area contributed by atoms with Gasteiger partial charge in [-0.2, -0.15) is 0 Å². The number of morpholine rings is 1. The highest BCUT2D eigenvalue weighted by Gasteiger charge is 2.34. The molecule has 24 heavy (non-hydrogen) atoms. The van der Waals surface area contributed by atoms with Crippen molar-refractivity contribution in [3.05, 3.63) is 47.2 Å². The Morgan fingerprint density at radius 3 is 3.00 bits per heavy atom. The van der Waals surface area contributed by atoms with Gasteiger partial charge >= 0.3 is 0 Å². The van der Waals surface area contributed by atoms with Crippen molar-refractivity contribution >= 4 is 12.0 Å². The summed E-state index contributed by atoms with van der Waals surface area (Å²) in [7, 11) is 0. The topological polar surface area (TPSA) is 77.7 Å². The van der Waals surface area contributed by atoms with E-state index in [4.69, 9.17) is 13.9 Å². The molecule has 2 aromatic rings. The highest BCUT2D eigenvalue weighted by atomic mass is 16.5. The highest BCUT2D eigenvalue weighted by molar-refractivity contribution is 5.99. The van der Waals surface area contributed by atoms with Crippen LogP contribution in [0.1, 0.15) is 23.4 Å². The number of nitrogens with zero attached hydrogens (tertiary/aromatic N) is 3. The van der Waals surface area contributed by atoms with Gasteiger partial charge < -0.3 is 18.8 Å². The van der Waals surface area contributed by atoms with Crippen molar-refractivity contribution in [2.75, 3.05) is 26.4 Å². The summed E-state index contributed by atoms with van der Waals surface area (Å²) >= 11 is 0. The van der Waals surface area contributed by atoms with Gasteiger partial charge in [0.25, 0.3) is 5.91 Å². The molecular formula is C17H17N3O4. The van der Waals surface area contributed by atoms with Crippen LogP contribution in [0.25, 0.3) is 6.08 Å². The minimum absolute atomic E-state index is 0.0892. The van der Waals surface area contributed by atoms with Crippen molar-refractivity contribution in [1.29, 1.82) is 0 Å². The summed E-state index contributed by atoms with van der Waals surface area (Å²) in [6.07, 6.45) is 1.88. The molecular weight excluding hydrogens is 310 g/mol. The van der Waals surface area contributed by atoms with Gasteiger partial charge in [-0.15, -0.1) is 10.2 Å². The van der Waals surface area contributed by atoms with E-state index < -0.39 is 0 Å². The third kappa shape index (κ3) is 2.67. The molecule has 0 aliphatic carbocycles. The molecule has 0 radical (unpaired) electrons. The van der Waals surface area contributed by atoms with E-state index in [1.165, 1.54) is 0 Å². The van der Waals surface area contributed by atoms with Crippen molar-refractivity contribution in [1.82, 2.24) is 15.1 Å². The molecule has 124 valence electrons. The van der Waals surface area contributed by atoms with E-state index >= 15 is 0 Å². The Morgan fingerprint density at radius 2 is 2.17 bits per heavy atom. The van der Waals surface area contributed by atoms with Crippen LogP contribution < -0.4 is 4.74 Å². The van der Waals surface area contributed by atoms with Crippen LogP contribution in [0.4, 0.5) is 0 Å². The average Bonchev–Trinajstić information content (AvgIpc) is 3.07. The molecule has 0 bridgehead atoms. The Morgan fingerprint density at radius 1 is 1.29 bits per heavy atom. The molecule has 1 fully saturated rings. The van der Waals surface area contributed by atoms with Crippen molar-refractivity contribution < 1.29 is 18.7 Å². The Hall–Kier alpha value is -2.67. The number of hydrogen-bond donors (Lipinski definition) is 0. The second kappa shape index (κ2) is 6.09. The van der Waals surface area contributed by atoms with Crippen LogP contribution >= 0.6 is 0 Å². The van der Waals surface area contributed by atoms with Gasteiger partial charge in [0.2, 0.25) is 11.8 Å². The number of amides is 1. The molecule has 7 nitrogen and oxygen atoms in total. The summed E-state index contributed by atoms with van der Waals surface area (Å²) in [6, 6.07) is 7.29. The summed E-state index contributed by atoms with van der Waals surface area (Å²) in [5, 5.41) is 7.89. The maximum atomic E-state index is 13.0. The number of para-hydroxylation sites is 1. The van der Waals surface area contributed by atoms with Crippen molar-refractivity contribution in [3.63, 3.8) is 0 Å². The van der Waals surface area contributed by atoms with Gasteiger partial charge in [-0.25, -0.2) is 0 Å². The average molecular weight is 327 g/mol. The highest BCUT2D eigenvalue weighted by Crippen LogP contribution is 2.29. The molecule has 1 saturated heterocycles. The van der Waals surface area contributed by atoms with Crippen LogP contribution in [0.3, 0.4) is 0 Å². The van der Waals surface area contributed by atoms with E-state index in [0.717, 1.165) is 11.3 Å². The molecule has 1 aromatic carbocycles. The molecule has 0 unspecified atom stereocenters. The number of carbonyl (C=O) groups is 1. The maximum absolute atomic E-state index is 13.0. The molecule has 7 heteroatoms. The lowest BCUT2D eigenvalue weighted by molar-refractivity contribution is -0.137. The fourth-order valence-electron chi connectivity index (χ4n) is 2.92.